The number of anilines is 2. The molecule has 0 aromatic heterocycles. The zero-order valence-corrected chi connectivity index (χ0v) is 15.8. The molecule has 3 rings (SSSR count). The highest BCUT2D eigenvalue weighted by Gasteiger charge is 2.25. The Hall–Kier alpha value is -2.87. The van der Waals surface area contributed by atoms with Crippen LogP contribution in [0.5, 0.6) is 5.75 Å². The van der Waals surface area contributed by atoms with Crippen molar-refractivity contribution in [2.75, 3.05) is 16.4 Å². The van der Waals surface area contributed by atoms with Gasteiger partial charge in [-0.25, -0.2) is 8.42 Å². The van der Waals surface area contributed by atoms with Gasteiger partial charge in [-0.3, -0.25) is 9.59 Å². The summed E-state index contributed by atoms with van der Waals surface area (Å²) in [5, 5.41) is 5.38. The van der Waals surface area contributed by atoms with Crippen LogP contribution in [0, 0.1) is 0 Å². The summed E-state index contributed by atoms with van der Waals surface area (Å²) < 4.78 is 30.3. The molecule has 2 aromatic rings. The Morgan fingerprint density at radius 1 is 1.22 bits per heavy atom. The van der Waals surface area contributed by atoms with Crippen molar-refractivity contribution in [3.8, 4) is 5.75 Å². The first-order valence-electron chi connectivity index (χ1n) is 8.56. The molecule has 2 aromatic carbocycles. The summed E-state index contributed by atoms with van der Waals surface area (Å²) in [7, 11) is -3.54. The fourth-order valence-corrected chi connectivity index (χ4v) is 4.33. The minimum Gasteiger partial charge on any atom is -0.479 e. The van der Waals surface area contributed by atoms with E-state index >= 15 is 0 Å². The summed E-state index contributed by atoms with van der Waals surface area (Å²) >= 11 is 0. The van der Waals surface area contributed by atoms with Gasteiger partial charge in [-0.15, -0.1) is 0 Å². The third-order valence-corrected chi connectivity index (χ3v) is 6.08. The van der Waals surface area contributed by atoms with Crippen molar-refractivity contribution in [2.24, 2.45) is 0 Å². The molecule has 0 fully saturated rings. The third-order valence-electron chi connectivity index (χ3n) is 4.11. The lowest BCUT2D eigenvalue weighted by Gasteiger charge is -2.23. The molecule has 2 amide bonds. The van der Waals surface area contributed by atoms with Crippen LogP contribution in [0.4, 0.5) is 11.4 Å². The molecule has 0 saturated carbocycles. The molecule has 0 spiro atoms. The monoisotopic (exact) mass is 388 g/mol. The number of ether oxygens (including phenoxy) is 1. The molecular formula is C19H20N2O5S. The van der Waals surface area contributed by atoms with Gasteiger partial charge in [0.05, 0.1) is 21.9 Å². The zero-order valence-electron chi connectivity index (χ0n) is 15.0. The Morgan fingerprint density at radius 3 is 2.70 bits per heavy atom. The van der Waals surface area contributed by atoms with E-state index in [1.165, 1.54) is 12.1 Å². The number of carbonyl (C=O) groups excluding carboxylic acids is 2. The number of benzene rings is 2. The quantitative estimate of drug-likeness (QED) is 0.820. The van der Waals surface area contributed by atoms with Gasteiger partial charge in [0.25, 0.3) is 11.8 Å². The molecule has 142 valence electrons. The first-order valence-corrected chi connectivity index (χ1v) is 10.2. The molecule has 1 heterocycles. The Morgan fingerprint density at radius 2 is 1.96 bits per heavy atom. The second-order valence-electron chi connectivity index (χ2n) is 6.23. The lowest BCUT2D eigenvalue weighted by atomic mass is 10.2. The Bertz CT molecular complexity index is 1000. The summed E-state index contributed by atoms with van der Waals surface area (Å²) in [5.74, 6) is -0.341. The van der Waals surface area contributed by atoms with Crippen LogP contribution in [0.25, 0.3) is 0 Å². The standard InChI is InChI=1S/C19H20N2O5S/c1-3-10-27(24,25)17-7-5-4-6-14(17)19(23)20-13-8-9-16-15(11-13)21-18(22)12(2)26-16/h4-9,11-12H,3,10H2,1-2H3,(H,20,23)(H,21,22). The van der Waals surface area contributed by atoms with Crippen LogP contribution in [0.2, 0.25) is 0 Å². The molecule has 1 atom stereocenters. The van der Waals surface area contributed by atoms with Crippen LogP contribution in [0.3, 0.4) is 0 Å². The lowest BCUT2D eigenvalue weighted by Crippen LogP contribution is -2.34. The van der Waals surface area contributed by atoms with Crippen molar-refractivity contribution < 1.29 is 22.7 Å². The van der Waals surface area contributed by atoms with Crippen LogP contribution in [-0.4, -0.2) is 32.1 Å². The van der Waals surface area contributed by atoms with Crippen LogP contribution in [-0.2, 0) is 14.6 Å². The number of carbonyl (C=O) groups is 2. The molecule has 8 heteroatoms. The van der Waals surface area contributed by atoms with Crippen LogP contribution in [0.1, 0.15) is 30.6 Å². The van der Waals surface area contributed by atoms with Crippen molar-refractivity contribution in [3.05, 3.63) is 48.0 Å². The number of hydrogen-bond acceptors (Lipinski definition) is 5. The molecule has 1 aliphatic rings. The molecule has 27 heavy (non-hydrogen) atoms. The van der Waals surface area contributed by atoms with Crippen molar-refractivity contribution in [2.45, 2.75) is 31.3 Å². The summed E-state index contributed by atoms with van der Waals surface area (Å²) in [6, 6.07) is 10.9. The fourth-order valence-electron chi connectivity index (χ4n) is 2.79. The number of fused-ring (bicyclic) bond motifs is 1. The second-order valence-corrected chi connectivity index (χ2v) is 8.31. The number of nitrogens with one attached hydrogen (secondary N) is 2. The van der Waals surface area contributed by atoms with Gasteiger partial charge in [0.2, 0.25) is 0 Å². The SMILES string of the molecule is CCCS(=O)(=O)c1ccccc1C(=O)Nc1ccc2c(c1)NC(=O)C(C)O2. The lowest BCUT2D eigenvalue weighted by molar-refractivity contribution is -0.122. The van der Waals surface area contributed by atoms with Gasteiger partial charge < -0.3 is 15.4 Å². The van der Waals surface area contributed by atoms with Gasteiger partial charge in [-0.1, -0.05) is 19.1 Å². The largest absolute Gasteiger partial charge is 0.479 e. The zero-order chi connectivity index (χ0) is 19.6. The van der Waals surface area contributed by atoms with E-state index in [0.29, 0.717) is 23.5 Å². The molecule has 7 nitrogen and oxygen atoms in total. The molecule has 0 radical (unpaired) electrons. The number of hydrogen-bond donors (Lipinski definition) is 2. The smallest absolute Gasteiger partial charge is 0.265 e. The van der Waals surface area contributed by atoms with Crippen molar-refractivity contribution >= 4 is 33.0 Å². The summed E-state index contributed by atoms with van der Waals surface area (Å²) in [6.07, 6.45) is -0.130. The van der Waals surface area contributed by atoms with E-state index in [-0.39, 0.29) is 22.1 Å². The van der Waals surface area contributed by atoms with Crippen LogP contribution < -0.4 is 15.4 Å². The molecule has 0 aliphatic carbocycles. The Kier molecular flexibility index (Phi) is 5.18. The highest BCUT2D eigenvalue weighted by atomic mass is 32.2. The molecule has 1 aliphatic heterocycles. The predicted molar refractivity (Wildman–Crippen MR) is 102 cm³/mol. The highest BCUT2D eigenvalue weighted by Crippen LogP contribution is 2.32. The molecule has 0 saturated heterocycles. The number of rotatable bonds is 5. The van der Waals surface area contributed by atoms with E-state index in [4.69, 9.17) is 4.74 Å². The number of amides is 2. The fraction of sp³-hybridized carbons (Fsp3) is 0.263. The van der Waals surface area contributed by atoms with E-state index in [9.17, 15) is 18.0 Å². The van der Waals surface area contributed by atoms with Gasteiger partial charge >= 0.3 is 0 Å². The Labute approximate surface area is 157 Å². The first-order chi connectivity index (χ1) is 12.8. The topological polar surface area (TPSA) is 102 Å². The van der Waals surface area contributed by atoms with Gasteiger partial charge in [0, 0.05) is 5.69 Å². The van der Waals surface area contributed by atoms with E-state index in [1.807, 2.05) is 0 Å². The summed E-state index contributed by atoms with van der Waals surface area (Å²) in [4.78, 5) is 24.4. The maximum atomic E-state index is 12.7. The second kappa shape index (κ2) is 7.40. The average molecular weight is 388 g/mol. The summed E-state index contributed by atoms with van der Waals surface area (Å²) in [6.45, 7) is 3.41. The molecular weight excluding hydrogens is 368 g/mol. The Balaban J connectivity index is 1.87. The molecule has 2 N–H and O–H groups in total. The third kappa shape index (κ3) is 3.95. The molecule has 0 bridgehead atoms. The van der Waals surface area contributed by atoms with Crippen molar-refractivity contribution in [1.29, 1.82) is 0 Å². The predicted octanol–water partition coefficient (Wildman–Crippen LogP) is 2.84. The first kappa shape index (κ1) is 18.9. The number of sulfone groups is 1. The highest BCUT2D eigenvalue weighted by molar-refractivity contribution is 7.91. The van der Waals surface area contributed by atoms with Crippen molar-refractivity contribution in [1.82, 2.24) is 0 Å². The molecule has 1 unspecified atom stereocenters. The van der Waals surface area contributed by atoms with Gasteiger partial charge in [-0.2, -0.15) is 0 Å². The average Bonchev–Trinajstić information content (AvgIpc) is 2.63. The maximum absolute atomic E-state index is 12.7. The van der Waals surface area contributed by atoms with Gasteiger partial charge in [0.1, 0.15) is 5.75 Å². The van der Waals surface area contributed by atoms with Crippen molar-refractivity contribution in [3.63, 3.8) is 0 Å². The van der Waals surface area contributed by atoms with Crippen LogP contribution >= 0.6 is 0 Å². The minimum atomic E-state index is -3.54. The minimum absolute atomic E-state index is 0.00720. The summed E-state index contributed by atoms with van der Waals surface area (Å²) in [5.41, 5.74) is 0.945. The van der Waals surface area contributed by atoms with E-state index in [0.717, 1.165) is 0 Å². The van der Waals surface area contributed by atoms with Gasteiger partial charge in [0.15, 0.2) is 15.9 Å². The van der Waals surface area contributed by atoms with E-state index < -0.39 is 21.8 Å². The van der Waals surface area contributed by atoms with Gasteiger partial charge in [-0.05, 0) is 43.7 Å². The maximum Gasteiger partial charge on any atom is 0.265 e. The van der Waals surface area contributed by atoms with Crippen LogP contribution in [0.15, 0.2) is 47.4 Å². The normalized spacial score (nSPS) is 16.1. The van der Waals surface area contributed by atoms with E-state index in [1.54, 1.807) is 44.2 Å². The van der Waals surface area contributed by atoms with E-state index in [2.05, 4.69) is 10.6 Å².